The smallest absolute Gasteiger partial charge is 0.304 e. The van der Waals surface area contributed by atoms with Crippen LogP contribution in [0.3, 0.4) is 0 Å². The lowest BCUT2D eigenvalue weighted by molar-refractivity contribution is -0.137. The largest absolute Gasteiger partial charge is 0.481 e. The van der Waals surface area contributed by atoms with Crippen LogP contribution in [0.1, 0.15) is 23.7 Å². The molecule has 1 N–H and O–H groups in total. The molecule has 0 aliphatic carbocycles. The van der Waals surface area contributed by atoms with Crippen molar-refractivity contribution in [1.29, 1.82) is 0 Å². The summed E-state index contributed by atoms with van der Waals surface area (Å²) < 4.78 is 0. The van der Waals surface area contributed by atoms with Crippen molar-refractivity contribution in [2.24, 2.45) is 5.92 Å². The van der Waals surface area contributed by atoms with Crippen LogP contribution in [0.4, 0.5) is 0 Å². The molecule has 1 aromatic heterocycles. The fourth-order valence-electron chi connectivity index (χ4n) is 1.16. The number of hydrogen-bond acceptors (Lipinski definition) is 3. The molecule has 1 heterocycles. The van der Waals surface area contributed by atoms with Crippen molar-refractivity contribution in [3.8, 4) is 0 Å². The molecular formula is C10H11NO3. The number of pyridine rings is 1. The van der Waals surface area contributed by atoms with Crippen molar-refractivity contribution < 1.29 is 14.7 Å². The number of hydrogen-bond donors (Lipinski definition) is 1. The number of Topliss-reactive ketones (excluding diaryl/α,β-unsaturated/α-hetero) is 1. The number of carboxylic acid groups (broad SMARTS) is 1. The lowest BCUT2D eigenvalue weighted by atomic mass is 9.97. The van der Waals surface area contributed by atoms with Crippen molar-refractivity contribution in [1.82, 2.24) is 4.98 Å². The van der Waals surface area contributed by atoms with Crippen molar-refractivity contribution in [2.75, 3.05) is 0 Å². The molecule has 74 valence electrons. The maximum absolute atomic E-state index is 11.6. The molecule has 0 saturated heterocycles. The van der Waals surface area contributed by atoms with Gasteiger partial charge in [-0.3, -0.25) is 14.6 Å². The molecule has 4 heteroatoms. The third kappa shape index (κ3) is 2.65. The Bertz CT molecular complexity index is 334. The lowest BCUT2D eigenvalue weighted by Crippen LogP contribution is -2.15. The molecule has 0 amide bonds. The van der Waals surface area contributed by atoms with Crippen LogP contribution < -0.4 is 0 Å². The van der Waals surface area contributed by atoms with Crippen LogP contribution in [0, 0.1) is 5.92 Å². The molecule has 0 aromatic carbocycles. The first-order valence-electron chi connectivity index (χ1n) is 4.27. The van der Waals surface area contributed by atoms with Gasteiger partial charge in [0.25, 0.3) is 0 Å². The molecule has 14 heavy (non-hydrogen) atoms. The molecular weight excluding hydrogens is 182 g/mol. The first kappa shape index (κ1) is 10.4. The van der Waals surface area contributed by atoms with Gasteiger partial charge in [-0.05, 0) is 12.1 Å². The second kappa shape index (κ2) is 4.50. The highest BCUT2D eigenvalue weighted by atomic mass is 16.4. The Hall–Kier alpha value is -1.71. The standard InChI is InChI=1S/C10H11NO3/c1-7(6-9(12)13)10(14)8-2-4-11-5-3-8/h2-5,7H,6H2,1H3,(H,12,13). The molecule has 1 aromatic rings. The number of carbonyl (C=O) groups is 2. The fourth-order valence-corrected chi connectivity index (χ4v) is 1.16. The van der Waals surface area contributed by atoms with E-state index in [9.17, 15) is 9.59 Å². The predicted octanol–water partition coefficient (Wildman–Crippen LogP) is 1.38. The molecule has 0 bridgehead atoms. The highest BCUT2D eigenvalue weighted by Gasteiger charge is 2.17. The number of nitrogens with zero attached hydrogens (tertiary/aromatic N) is 1. The van der Waals surface area contributed by atoms with Crippen molar-refractivity contribution >= 4 is 11.8 Å². The minimum atomic E-state index is -0.958. The third-order valence-corrected chi connectivity index (χ3v) is 1.89. The number of aliphatic carboxylic acids is 1. The van der Waals surface area contributed by atoms with Crippen LogP contribution in [0.5, 0.6) is 0 Å². The second-order valence-corrected chi connectivity index (χ2v) is 3.10. The van der Waals surface area contributed by atoms with E-state index in [-0.39, 0.29) is 12.2 Å². The zero-order chi connectivity index (χ0) is 10.6. The van der Waals surface area contributed by atoms with Gasteiger partial charge in [-0.1, -0.05) is 6.92 Å². The van der Waals surface area contributed by atoms with Gasteiger partial charge in [0.05, 0.1) is 6.42 Å². The van der Waals surface area contributed by atoms with E-state index in [1.54, 1.807) is 19.1 Å². The van der Waals surface area contributed by atoms with Gasteiger partial charge in [-0.25, -0.2) is 0 Å². The summed E-state index contributed by atoms with van der Waals surface area (Å²) in [4.78, 5) is 25.7. The fraction of sp³-hybridized carbons (Fsp3) is 0.300. The Morgan fingerprint density at radius 2 is 2.00 bits per heavy atom. The van der Waals surface area contributed by atoms with E-state index in [4.69, 9.17) is 5.11 Å². The van der Waals surface area contributed by atoms with Crippen LogP contribution in [0.2, 0.25) is 0 Å². The first-order chi connectivity index (χ1) is 6.61. The van der Waals surface area contributed by atoms with Crippen LogP contribution in [-0.4, -0.2) is 21.8 Å². The van der Waals surface area contributed by atoms with Crippen molar-refractivity contribution in [3.05, 3.63) is 30.1 Å². The molecule has 4 nitrogen and oxygen atoms in total. The van der Waals surface area contributed by atoms with E-state index < -0.39 is 11.9 Å². The average molecular weight is 193 g/mol. The summed E-state index contributed by atoms with van der Waals surface area (Å²) in [5.74, 6) is -1.61. The van der Waals surface area contributed by atoms with E-state index >= 15 is 0 Å². The summed E-state index contributed by atoms with van der Waals surface area (Å²) in [6.07, 6.45) is 2.89. The summed E-state index contributed by atoms with van der Waals surface area (Å²) in [6, 6.07) is 3.17. The number of carboxylic acids is 1. The molecule has 0 spiro atoms. The van der Waals surface area contributed by atoms with E-state index in [1.165, 1.54) is 12.4 Å². The van der Waals surface area contributed by atoms with Crippen LogP contribution in [-0.2, 0) is 4.79 Å². The molecule has 0 radical (unpaired) electrons. The normalized spacial score (nSPS) is 12.1. The highest BCUT2D eigenvalue weighted by molar-refractivity contribution is 5.98. The molecule has 1 unspecified atom stereocenters. The Labute approximate surface area is 81.6 Å². The molecule has 1 rings (SSSR count). The number of aromatic nitrogens is 1. The number of ketones is 1. The Morgan fingerprint density at radius 1 is 1.43 bits per heavy atom. The van der Waals surface area contributed by atoms with Gasteiger partial charge >= 0.3 is 5.97 Å². The summed E-state index contributed by atoms with van der Waals surface area (Å²) in [5, 5.41) is 8.52. The van der Waals surface area contributed by atoms with Crippen LogP contribution in [0.25, 0.3) is 0 Å². The Kier molecular flexibility index (Phi) is 3.34. The van der Waals surface area contributed by atoms with Crippen LogP contribution >= 0.6 is 0 Å². The molecule has 0 fully saturated rings. The topological polar surface area (TPSA) is 67.3 Å². The molecule has 0 aliphatic rings. The van der Waals surface area contributed by atoms with Gasteiger partial charge in [0.1, 0.15) is 0 Å². The number of rotatable bonds is 4. The summed E-state index contributed by atoms with van der Waals surface area (Å²) in [5.41, 5.74) is 0.508. The van der Waals surface area contributed by atoms with Crippen LogP contribution in [0.15, 0.2) is 24.5 Å². The number of carbonyl (C=O) groups excluding carboxylic acids is 1. The predicted molar refractivity (Wildman–Crippen MR) is 50.0 cm³/mol. The van der Waals surface area contributed by atoms with E-state index in [0.717, 1.165) is 0 Å². The highest BCUT2D eigenvalue weighted by Crippen LogP contribution is 2.10. The molecule has 1 atom stereocenters. The summed E-state index contributed by atoms with van der Waals surface area (Å²) in [7, 11) is 0. The summed E-state index contributed by atoms with van der Waals surface area (Å²) >= 11 is 0. The van der Waals surface area contributed by atoms with Gasteiger partial charge in [0, 0.05) is 23.9 Å². The SMILES string of the molecule is CC(CC(=O)O)C(=O)c1ccncc1. The summed E-state index contributed by atoms with van der Waals surface area (Å²) in [6.45, 7) is 1.61. The third-order valence-electron chi connectivity index (χ3n) is 1.89. The Balaban J connectivity index is 2.71. The van der Waals surface area contributed by atoms with E-state index in [0.29, 0.717) is 5.56 Å². The van der Waals surface area contributed by atoms with E-state index in [1.807, 2.05) is 0 Å². The van der Waals surface area contributed by atoms with Gasteiger partial charge in [-0.2, -0.15) is 0 Å². The van der Waals surface area contributed by atoms with Crippen molar-refractivity contribution in [3.63, 3.8) is 0 Å². The van der Waals surface area contributed by atoms with Gasteiger partial charge in [0.2, 0.25) is 0 Å². The first-order valence-corrected chi connectivity index (χ1v) is 4.27. The average Bonchev–Trinajstić information content (AvgIpc) is 2.17. The maximum Gasteiger partial charge on any atom is 0.304 e. The second-order valence-electron chi connectivity index (χ2n) is 3.10. The zero-order valence-corrected chi connectivity index (χ0v) is 7.80. The van der Waals surface area contributed by atoms with Gasteiger partial charge in [0.15, 0.2) is 5.78 Å². The monoisotopic (exact) mass is 193 g/mol. The molecule has 0 aliphatic heterocycles. The maximum atomic E-state index is 11.6. The quantitative estimate of drug-likeness (QED) is 0.733. The molecule has 0 saturated carbocycles. The van der Waals surface area contributed by atoms with Crippen molar-refractivity contribution in [2.45, 2.75) is 13.3 Å². The van der Waals surface area contributed by atoms with E-state index in [2.05, 4.69) is 4.98 Å². The minimum absolute atomic E-state index is 0.138. The Morgan fingerprint density at radius 3 is 2.50 bits per heavy atom. The van der Waals surface area contributed by atoms with Gasteiger partial charge < -0.3 is 5.11 Å². The zero-order valence-electron chi connectivity index (χ0n) is 7.80. The minimum Gasteiger partial charge on any atom is -0.481 e. The van der Waals surface area contributed by atoms with Gasteiger partial charge in [-0.15, -0.1) is 0 Å². The lowest BCUT2D eigenvalue weighted by Gasteiger charge is -2.06.